The summed E-state index contributed by atoms with van der Waals surface area (Å²) in [5.74, 6) is 1.37. The predicted molar refractivity (Wildman–Crippen MR) is 79.0 cm³/mol. The van der Waals surface area contributed by atoms with Gasteiger partial charge in [0.15, 0.2) is 0 Å². The summed E-state index contributed by atoms with van der Waals surface area (Å²) in [5.41, 5.74) is 1.51. The highest BCUT2D eigenvalue weighted by molar-refractivity contribution is 5.79. The van der Waals surface area contributed by atoms with E-state index in [9.17, 15) is 4.79 Å². The first kappa shape index (κ1) is 12.4. The Hall–Kier alpha value is -2.62. The second-order valence-corrected chi connectivity index (χ2v) is 4.55. The van der Waals surface area contributed by atoms with Crippen LogP contribution >= 0.6 is 0 Å². The van der Waals surface area contributed by atoms with Gasteiger partial charge in [-0.15, -0.1) is 0 Å². The van der Waals surface area contributed by atoms with Crippen molar-refractivity contribution in [3.05, 3.63) is 58.9 Å². The monoisotopic (exact) mass is 266 g/mol. The Morgan fingerprint density at radius 2 is 1.90 bits per heavy atom. The molecule has 0 aliphatic carbocycles. The molecule has 0 saturated carbocycles. The zero-order valence-electron chi connectivity index (χ0n) is 11.3. The molecule has 0 spiro atoms. The van der Waals surface area contributed by atoms with Crippen molar-refractivity contribution in [2.75, 3.05) is 7.11 Å². The van der Waals surface area contributed by atoms with Crippen LogP contribution in [0.5, 0.6) is 5.75 Å². The molecule has 4 nitrogen and oxygen atoms in total. The summed E-state index contributed by atoms with van der Waals surface area (Å²) in [6.07, 6.45) is 0. The van der Waals surface area contributed by atoms with Gasteiger partial charge in [-0.2, -0.15) is 0 Å². The molecule has 0 aliphatic heterocycles. The Kier molecular flexibility index (Phi) is 2.99. The molecule has 0 radical (unpaired) electrons. The van der Waals surface area contributed by atoms with E-state index >= 15 is 0 Å². The number of ether oxygens (including phenoxy) is 1. The SMILES string of the molecule is COc1cccc(-c2nc3ccccc3c(=O)n2C)c1. The van der Waals surface area contributed by atoms with Gasteiger partial charge in [-0.05, 0) is 24.3 Å². The molecule has 0 N–H and O–H groups in total. The molecule has 0 amide bonds. The van der Waals surface area contributed by atoms with E-state index in [4.69, 9.17) is 4.74 Å². The summed E-state index contributed by atoms with van der Waals surface area (Å²) in [7, 11) is 3.35. The first-order valence-corrected chi connectivity index (χ1v) is 6.31. The molecular formula is C16H14N2O2. The summed E-state index contributed by atoms with van der Waals surface area (Å²) in [5, 5.41) is 0.627. The molecule has 4 heteroatoms. The van der Waals surface area contributed by atoms with Crippen molar-refractivity contribution in [2.24, 2.45) is 7.05 Å². The van der Waals surface area contributed by atoms with E-state index in [2.05, 4.69) is 4.98 Å². The summed E-state index contributed by atoms with van der Waals surface area (Å²) in [6.45, 7) is 0. The Balaban J connectivity index is 2.31. The molecule has 2 aromatic carbocycles. The third-order valence-electron chi connectivity index (χ3n) is 3.31. The second kappa shape index (κ2) is 4.81. The molecule has 100 valence electrons. The number of rotatable bonds is 2. The van der Waals surface area contributed by atoms with Gasteiger partial charge in [0.25, 0.3) is 5.56 Å². The van der Waals surface area contributed by atoms with E-state index in [-0.39, 0.29) is 5.56 Å². The van der Waals surface area contributed by atoms with Gasteiger partial charge >= 0.3 is 0 Å². The predicted octanol–water partition coefficient (Wildman–Crippen LogP) is 2.61. The fourth-order valence-corrected chi connectivity index (χ4v) is 2.24. The van der Waals surface area contributed by atoms with Gasteiger partial charge in [-0.1, -0.05) is 24.3 Å². The average molecular weight is 266 g/mol. The molecule has 1 heterocycles. The highest BCUT2D eigenvalue weighted by Gasteiger charge is 2.10. The van der Waals surface area contributed by atoms with Crippen molar-refractivity contribution in [2.45, 2.75) is 0 Å². The summed E-state index contributed by atoms with van der Waals surface area (Å²) in [6, 6.07) is 14.9. The average Bonchev–Trinajstić information content (AvgIpc) is 2.51. The maximum absolute atomic E-state index is 12.4. The third-order valence-corrected chi connectivity index (χ3v) is 3.31. The molecule has 0 atom stereocenters. The van der Waals surface area contributed by atoms with Gasteiger partial charge in [-0.25, -0.2) is 4.98 Å². The largest absolute Gasteiger partial charge is 0.497 e. The minimum absolute atomic E-state index is 0.0478. The number of hydrogen-bond acceptors (Lipinski definition) is 3. The molecule has 20 heavy (non-hydrogen) atoms. The fourth-order valence-electron chi connectivity index (χ4n) is 2.24. The van der Waals surface area contributed by atoms with Crippen molar-refractivity contribution in [1.29, 1.82) is 0 Å². The lowest BCUT2D eigenvalue weighted by Gasteiger charge is -2.10. The Bertz CT molecular complexity index is 837. The van der Waals surface area contributed by atoms with Gasteiger partial charge in [0.1, 0.15) is 11.6 Å². The number of methoxy groups -OCH3 is 1. The highest BCUT2D eigenvalue weighted by Crippen LogP contribution is 2.22. The van der Waals surface area contributed by atoms with Crippen LogP contribution in [0.15, 0.2) is 53.3 Å². The van der Waals surface area contributed by atoms with E-state index in [1.54, 1.807) is 24.8 Å². The van der Waals surface area contributed by atoms with Crippen molar-refractivity contribution in [3.8, 4) is 17.1 Å². The number of hydrogen-bond donors (Lipinski definition) is 0. The van der Waals surface area contributed by atoms with Crippen molar-refractivity contribution >= 4 is 10.9 Å². The van der Waals surface area contributed by atoms with E-state index in [1.165, 1.54) is 0 Å². The Morgan fingerprint density at radius 1 is 1.10 bits per heavy atom. The van der Waals surface area contributed by atoms with Crippen LogP contribution in [-0.2, 0) is 7.05 Å². The summed E-state index contributed by atoms with van der Waals surface area (Å²) >= 11 is 0. The lowest BCUT2D eigenvalue weighted by atomic mass is 10.1. The summed E-state index contributed by atoms with van der Waals surface area (Å²) < 4.78 is 6.79. The lowest BCUT2D eigenvalue weighted by Crippen LogP contribution is -2.20. The number of fused-ring (bicyclic) bond motifs is 1. The van der Waals surface area contributed by atoms with Crippen LogP contribution in [0, 0.1) is 0 Å². The Labute approximate surface area is 116 Å². The van der Waals surface area contributed by atoms with Crippen LogP contribution in [0.2, 0.25) is 0 Å². The number of benzene rings is 2. The van der Waals surface area contributed by atoms with Crippen molar-refractivity contribution in [3.63, 3.8) is 0 Å². The Morgan fingerprint density at radius 3 is 2.70 bits per heavy atom. The van der Waals surface area contributed by atoms with E-state index in [0.717, 1.165) is 11.3 Å². The zero-order chi connectivity index (χ0) is 14.1. The molecule has 3 aromatic rings. The molecule has 1 aromatic heterocycles. The normalized spacial score (nSPS) is 10.7. The van der Waals surface area contributed by atoms with E-state index < -0.39 is 0 Å². The quantitative estimate of drug-likeness (QED) is 0.716. The first-order valence-electron chi connectivity index (χ1n) is 6.31. The number of aromatic nitrogens is 2. The maximum Gasteiger partial charge on any atom is 0.261 e. The second-order valence-electron chi connectivity index (χ2n) is 4.55. The third kappa shape index (κ3) is 1.95. The topological polar surface area (TPSA) is 44.1 Å². The maximum atomic E-state index is 12.4. The van der Waals surface area contributed by atoms with Gasteiger partial charge in [0.2, 0.25) is 0 Å². The van der Waals surface area contributed by atoms with Crippen molar-refractivity contribution in [1.82, 2.24) is 9.55 Å². The molecule has 0 aliphatic rings. The molecule has 0 unspecified atom stereocenters. The highest BCUT2D eigenvalue weighted by atomic mass is 16.5. The minimum Gasteiger partial charge on any atom is -0.497 e. The van der Waals surface area contributed by atoms with Crippen LogP contribution in [0.3, 0.4) is 0 Å². The molecule has 0 fully saturated rings. The minimum atomic E-state index is -0.0478. The number of para-hydroxylation sites is 1. The smallest absolute Gasteiger partial charge is 0.261 e. The van der Waals surface area contributed by atoms with Gasteiger partial charge in [-0.3, -0.25) is 9.36 Å². The molecule has 0 saturated heterocycles. The first-order chi connectivity index (χ1) is 9.70. The molecular weight excluding hydrogens is 252 g/mol. The fraction of sp³-hybridized carbons (Fsp3) is 0.125. The van der Waals surface area contributed by atoms with E-state index in [1.807, 2.05) is 42.5 Å². The van der Waals surface area contributed by atoms with Crippen LogP contribution in [-0.4, -0.2) is 16.7 Å². The van der Waals surface area contributed by atoms with Crippen LogP contribution in [0.1, 0.15) is 0 Å². The number of nitrogens with zero attached hydrogens (tertiary/aromatic N) is 2. The zero-order valence-corrected chi connectivity index (χ0v) is 11.3. The van der Waals surface area contributed by atoms with Gasteiger partial charge < -0.3 is 4.74 Å². The lowest BCUT2D eigenvalue weighted by molar-refractivity contribution is 0.415. The van der Waals surface area contributed by atoms with Crippen LogP contribution in [0.25, 0.3) is 22.3 Å². The summed E-state index contributed by atoms with van der Waals surface area (Å²) in [4.78, 5) is 17.0. The van der Waals surface area contributed by atoms with E-state index in [0.29, 0.717) is 16.7 Å². The molecule has 0 bridgehead atoms. The standard InChI is InChI=1S/C16H14N2O2/c1-18-15(11-6-5-7-12(10-11)20-2)17-14-9-4-3-8-13(14)16(18)19/h3-10H,1-2H3. The van der Waals surface area contributed by atoms with Gasteiger partial charge in [0, 0.05) is 12.6 Å². The van der Waals surface area contributed by atoms with Gasteiger partial charge in [0.05, 0.1) is 18.0 Å². The van der Waals surface area contributed by atoms with Crippen LogP contribution in [0.4, 0.5) is 0 Å². The van der Waals surface area contributed by atoms with Crippen LogP contribution < -0.4 is 10.3 Å². The van der Waals surface area contributed by atoms with Crippen molar-refractivity contribution < 1.29 is 4.74 Å². The molecule has 3 rings (SSSR count).